The van der Waals surface area contributed by atoms with Gasteiger partial charge in [-0.2, -0.15) is 0 Å². The van der Waals surface area contributed by atoms with Crippen LogP contribution in [-0.2, 0) is 10.0 Å². The molecule has 0 unspecified atom stereocenters. The average molecular weight is 339 g/mol. The lowest BCUT2D eigenvalue weighted by atomic mass is 10.2. The highest BCUT2D eigenvalue weighted by atomic mass is 35.5. The van der Waals surface area contributed by atoms with Crippen molar-refractivity contribution in [3.05, 3.63) is 29.8 Å². The number of amides is 2. The molecule has 112 valence electrons. The summed E-state index contributed by atoms with van der Waals surface area (Å²) in [6.07, 6.45) is 0. The van der Waals surface area contributed by atoms with Crippen LogP contribution in [0.2, 0.25) is 0 Å². The average Bonchev–Trinajstić information content (AvgIpc) is 2.38. The lowest BCUT2D eigenvalue weighted by molar-refractivity contribution is 0.210. The molecule has 0 saturated carbocycles. The van der Waals surface area contributed by atoms with Gasteiger partial charge < -0.3 is 4.90 Å². The number of hydrogen-bond acceptors (Lipinski definition) is 3. The third kappa shape index (κ3) is 4.85. The van der Waals surface area contributed by atoms with E-state index < -0.39 is 16.1 Å². The lowest BCUT2D eigenvalue weighted by Gasteiger charge is -2.20. The van der Waals surface area contributed by atoms with Crippen molar-refractivity contribution in [1.29, 1.82) is 0 Å². The van der Waals surface area contributed by atoms with Gasteiger partial charge in [0.2, 0.25) is 0 Å². The Labute approximate surface area is 128 Å². The van der Waals surface area contributed by atoms with Gasteiger partial charge in [0.1, 0.15) is 0 Å². The third-order valence-corrected chi connectivity index (χ3v) is 4.22. The van der Waals surface area contributed by atoms with E-state index in [4.69, 9.17) is 23.2 Å². The Morgan fingerprint density at radius 2 is 1.65 bits per heavy atom. The molecule has 1 aromatic carbocycles. The van der Waals surface area contributed by atoms with Crippen molar-refractivity contribution < 1.29 is 13.2 Å². The fourth-order valence-corrected chi connectivity index (χ4v) is 2.85. The first-order valence-corrected chi connectivity index (χ1v) is 8.46. The second-order valence-electron chi connectivity index (χ2n) is 4.09. The summed E-state index contributed by atoms with van der Waals surface area (Å²) in [5.74, 6) is 0.407. The zero-order valence-electron chi connectivity index (χ0n) is 11.0. The monoisotopic (exact) mass is 338 g/mol. The molecule has 0 saturated heterocycles. The first-order valence-electron chi connectivity index (χ1n) is 5.91. The molecular weight excluding hydrogens is 323 g/mol. The van der Waals surface area contributed by atoms with Crippen LogP contribution in [0.4, 0.5) is 4.79 Å². The number of hydrogen-bond donors (Lipinski definition) is 1. The molecule has 0 bridgehead atoms. The van der Waals surface area contributed by atoms with Crippen LogP contribution in [0.5, 0.6) is 0 Å². The Bertz CT molecular complexity index is 540. The summed E-state index contributed by atoms with van der Waals surface area (Å²) in [6, 6.07) is 5.48. The van der Waals surface area contributed by atoms with Gasteiger partial charge in [0, 0.05) is 24.8 Å². The topological polar surface area (TPSA) is 66.5 Å². The van der Waals surface area contributed by atoms with Crippen molar-refractivity contribution in [1.82, 2.24) is 9.62 Å². The molecule has 0 aromatic heterocycles. The highest BCUT2D eigenvalue weighted by Gasteiger charge is 2.21. The molecule has 1 aromatic rings. The third-order valence-electron chi connectivity index (χ3n) is 2.55. The van der Waals surface area contributed by atoms with Gasteiger partial charge in [-0.25, -0.2) is 17.9 Å². The summed E-state index contributed by atoms with van der Waals surface area (Å²) in [5, 5.41) is 0. The quantitative estimate of drug-likeness (QED) is 0.808. The largest absolute Gasteiger partial charge is 0.331 e. The van der Waals surface area contributed by atoms with Crippen LogP contribution in [-0.4, -0.2) is 44.2 Å². The van der Waals surface area contributed by atoms with Crippen LogP contribution in [0.15, 0.2) is 29.2 Å². The number of rotatable bonds is 6. The SMILES string of the molecule is Cc1ccc(S(=O)(=O)NC(=O)N(CCCl)CCCl)cc1. The molecule has 20 heavy (non-hydrogen) atoms. The first kappa shape index (κ1) is 17.1. The van der Waals surface area contributed by atoms with E-state index in [2.05, 4.69) is 0 Å². The molecule has 0 radical (unpaired) electrons. The minimum Gasteiger partial charge on any atom is -0.322 e. The Morgan fingerprint density at radius 3 is 2.10 bits per heavy atom. The molecule has 0 fully saturated rings. The Morgan fingerprint density at radius 1 is 1.15 bits per heavy atom. The Kier molecular flexibility index (Phi) is 6.58. The van der Waals surface area contributed by atoms with E-state index in [1.54, 1.807) is 12.1 Å². The number of aryl methyl sites for hydroxylation is 1. The number of nitrogens with one attached hydrogen (secondary N) is 1. The van der Waals surface area contributed by atoms with E-state index >= 15 is 0 Å². The number of halogens is 2. The summed E-state index contributed by atoms with van der Waals surface area (Å²) in [6.45, 7) is 2.30. The molecule has 1 rings (SSSR count). The van der Waals surface area contributed by atoms with Crippen LogP contribution in [0.3, 0.4) is 0 Å². The maximum atomic E-state index is 12.0. The minimum absolute atomic E-state index is 0.0353. The standard InChI is InChI=1S/C12H16Cl2N2O3S/c1-10-2-4-11(5-3-10)20(18,19)15-12(17)16(8-6-13)9-7-14/h2-5H,6-9H2,1H3,(H,15,17). The van der Waals surface area contributed by atoms with Crippen LogP contribution >= 0.6 is 23.2 Å². The van der Waals surface area contributed by atoms with Gasteiger partial charge in [-0.3, -0.25) is 0 Å². The van der Waals surface area contributed by atoms with Crippen LogP contribution in [0.25, 0.3) is 0 Å². The number of carbonyl (C=O) groups excluding carboxylic acids is 1. The normalized spacial score (nSPS) is 11.2. The Hall–Kier alpha value is -0.980. The number of benzene rings is 1. The van der Waals surface area contributed by atoms with E-state index in [1.165, 1.54) is 17.0 Å². The van der Waals surface area contributed by atoms with Crippen molar-refractivity contribution in [3.8, 4) is 0 Å². The summed E-state index contributed by atoms with van der Waals surface area (Å²) >= 11 is 11.1. The van der Waals surface area contributed by atoms with Crippen molar-refractivity contribution in [2.24, 2.45) is 0 Å². The zero-order chi connectivity index (χ0) is 15.2. The second-order valence-corrected chi connectivity index (χ2v) is 6.53. The van der Waals surface area contributed by atoms with E-state index in [-0.39, 0.29) is 29.7 Å². The summed E-state index contributed by atoms with van der Waals surface area (Å²) in [7, 11) is -3.89. The van der Waals surface area contributed by atoms with Crippen molar-refractivity contribution >= 4 is 39.3 Å². The molecule has 0 spiro atoms. The molecule has 0 aliphatic carbocycles. The number of urea groups is 1. The number of alkyl halides is 2. The van der Waals surface area contributed by atoms with Gasteiger partial charge in [0.05, 0.1) is 4.90 Å². The van der Waals surface area contributed by atoms with Crippen LogP contribution < -0.4 is 4.72 Å². The predicted octanol–water partition coefficient (Wildman–Crippen LogP) is 2.17. The van der Waals surface area contributed by atoms with Gasteiger partial charge in [0.15, 0.2) is 0 Å². The number of nitrogens with zero attached hydrogens (tertiary/aromatic N) is 1. The minimum atomic E-state index is -3.89. The van der Waals surface area contributed by atoms with E-state index in [9.17, 15) is 13.2 Å². The molecule has 0 aliphatic rings. The molecular formula is C12H16Cl2N2O3S. The molecule has 8 heteroatoms. The molecule has 0 atom stereocenters. The van der Waals surface area contributed by atoms with Crippen LogP contribution in [0, 0.1) is 6.92 Å². The van der Waals surface area contributed by atoms with Gasteiger partial charge in [-0.05, 0) is 19.1 Å². The summed E-state index contributed by atoms with van der Waals surface area (Å²) < 4.78 is 26.1. The second kappa shape index (κ2) is 7.71. The molecule has 0 heterocycles. The molecule has 0 aliphatic heterocycles. The smallest absolute Gasteiger partial charge is 0.322 e. The van der Waals surface area contributed by atoms with Gasteiger partial charge >= 0.3 is 6.03 Å². The fraction of sp³-hybridized carbons (Fsp3) is 0.417. The van der Waals surface area contributed by atoms with Crippen molar-refractivity contribution in [2.75, 3.05) is 24.8 Å². The fourth-order valence-electron chi connectivity index (χ4n) is 1.47. The van der Waals surface area contributed by atoms with Crippen LogP contribution in [0.1, 0.15) is 5.56 Å². The molecule has 5 nitrogen and oxygen atoms in total. The lowest BCUT2D eigenvalue weighted by Crippen LogP contribution is -2.44. The van der Waals surface area contributed by atoms with E-state index in [0.29, 0.717) is 0 Å². The van der Waals surface area contributed by atoms with E-state index in [0.717, 1.165) is 5.56 Å². The maximum Gasteiger partial charge on any atom is 0.331 e. The maximum absolute atomic E-state index is 12.0. The summed E-state index contributed by atoms with van der Waals surface area (Å²) in [4.78, 5) is 13.2. The number of sulfonamides is 1. The van der Waals surface area contributed by atoms with Gasteiger partial charge in [-0.1, -0.05) is 17.7 Å². The highest BCUT2D eigenvalue weighted by molar-refractivity contribution is 7.90. The highest BCUT2D eigenvalue weighted by Crippen LogP contribution is 2.10. The predicted molar refractivity (Wildman–Crippen MR) is 79.9 cm³/mol. The van der Waals surface area contributed by atoms with E-state index in [1.807, 2.05) is 11.6 Å². The van der Waals surface area contributed by atoms with Gasteiger partial charge in [-0.15, -0.1) is 23.2 Å². The van der Waals surface area contributed by atoms with Crippen molar-refractivity contribution in [3.63, 3.8) is 0 Å². The Balaban J connectivity index is 2.84. The molecule has 2 amide bonds. The van der Waals surface area contributed by atoms with Gasteiger partial charge in [0.25, 0.3) is 10.0 Å². The number of carbonyl (C=O) groups is 1. The van der Waals surface area contributed by atoms with Crippen molar-refractivity contribution in [2.45, 2.75) is 11.8 Å². The molecule has 1 N–H and O–H groups in total. The first-order chi connectivity index (χ1) is 9.40. The zero-order valence-corrected chi connectivity index (χ0v) is 13.3. The summed E-state index contributed by atoms with van der Waals surface area (Å²) in [5.41, 5.74) is 0.932.